The second-order valence-corrected chi connectivity index (χ2v) is 3.66. The predicted molar refractivity (Wildman–Crippen MR) is 46.9 cm³/mol. The van der Waals surface area contributed by atoms with Crippen molar-refractivity contribution in [3.8, 4) is 0 Å². The lowest BCUT2D eigenvalue weighted by Gasteiger charge is -2.30. The molecule has 0 saturated carbocycles. The van der Waals surface area contributed by atoms with Gasteiger partial charge < -0.3 is 9.64 Å². The summed E-state index contributed by atoms with van der Waals surface area (Å²) in [6.07, 6.45) is 0.935. The van der Waals surface area contributed by atoms with Crippen molar-refractivity contribution in [3.63, 3.8) is 0 Å². The average Bonchev–Trinajstić information content (AvgIpc) is 2.30. The number of likely N-dealkylation sites (tertiary alicyclic amines) is 1. The molecule has 2 atom stereocenters. The van der Waals surface area contributed by atoms with Crippen molar-refractivity contribution < 1.29 is 9.53 Å². The first-order valence-electron chi connectivity index (χ1n) is 4.33. The summed E-state index contributed by atoms with van der Waals surface area (Å²) >= 11 is 0. The van der Waals surface area contributed by atoms with E-state index in [4.69, 9.17) is 4.74 Å². The molecule has 3 nitrogen and oxygen atoms in total. The molecule has 0 aromatic rings. The second kappa shape index (κ2) is 3.05. The molecule has 12 heavy (non-hydrogen) atoms. The molecular formula is C9H17NO2. The first-order chi connectivity index (χ1) is 5.51. The molecule has 0 spiro atoms. The zero-order valence-electron chi connectivity index (χ0n) is 8.26. The van der Waals surface area contributed by atoms with Crippen LogP contribution in [0.3, 0.4) is 0 Å². The number of carbonyl (C=O) groups is 1. The fraction of sp³-hybridized carbons (Fsp3) is 0.889. The van der Waals surface area contributed by atoms with Crippen LogP contribution in [0.5, 0.6) is 0 Å². The SMILES string of the molecule is COC1(C)CCN(C(C)=O)C1C. The van der Waals surface area contributed by atoms with E-state index in [-0.39, 0.29) is 17.6 Å². The molecule has 70 valence electrons. The molecular weight excluding hydrogens is 154 g/mol. The topological polar surface area (TPSA) is 29.5 Å². The van der Waals surface area contributed by atoms with Gasteiger partial charge in [0, 0.05) is 20.6 Å². The van der Waals surface area contributed by atoms with Gasteiger partial charge in [0.15, 0.2) is 0 Å². The number of nitrogens with zero attached hydrogens (tertiary/aromatic N) is 1. The molecule has 0 radical (unpaired) electrons. The fourth-order valence-corrected chi connectivity index (χ4v) is 1.78. The Bertz CT molecular complexity index is 193. The summed E-state index contributed by atoms with van der Waals surface area (Å²) < 4.78 is 5.40. The Labute approximate surface area is 73.7 Å². The first kappa shape index (κ1) is 9.52. The minimum absolute atomic E-state index is 0.142. The predicted octanol–water partition coefficient (Wildman–Crippen LogP) is 1.03. The third-order valence-corrected chi connectivity index (χ3v) is 3.07. The molecule has 1 aliphatic heterocycles. The molecule has 0 N–H and O–H groups in total. The summed E-state index contributed by atoms with van der Waals surface area (Å²) in [7, 11) is 1.71. The molecule has 1 rings (SSSR count). The van der Waals surface area contributed by atoms with E-state index in [1.807, 2.05) is 11.8 Å². The van der Waals surface area contributed by atoms with Gasteiger partial charge in [-0.2, -0.15) is 0 Å². The molecule has 1 heterocycles. The molecule has 1 saturated heterocycles. The van der Waals surface area contributed by atoms with Gasteiger partial charge in [-0.3, -0.25) is 4.79 Å². The van der Waals surface area contributed by atoms with Crippen molar-refractivity contribution >= 4 is 5.91 Å². The molecule has 0 aliphatic carbocycles. The van der Waals surface area contributed by atoms with Gasteiger partial charge in [-0.1, -0.05) is 0 Å². The zero-order chi connectivity index (χ0) is 9.35. The number of hydrogen-bond acceptors (Lipinski definition) is 2. The Morgan fingerprint density at radius 2 is 2.25 bits per heavy atom. The largest absolute Gasteiger partial charge is 0.376 e. The number of hydrogen-bond donors (Lipinski definition) is 0. The normalized spacial score (nSPS) is 35.7. The highest BCUT2D eigenvalue weighted by atomic mass is 16.5. The van der Waals surface area contributed by atoms with E-state index in [0.29, 0.717) is 0 Å². The number of ether oxygens (including phenoxy) is 1. The van der Waals surface area contributed by atoms with E-state index < -0.39 is 0 Å². The summed E-state index contributed by atoms with van der Waals surface area (Å²) in [4.78, 5) is 13.0. The number of amides is 1. The van der Waals surface area contributed by atoms with Crippen LogP contribution in [0.15, 0.2) is 0 Å². The minimum Gasteiger partial charge on any atom is -0.376 e. The van der Waals surface area contributed by atoms with Gasteiger partial charge in [-0.05, 0) is 20.3 Å². The molecule has 0 aromatic carbocycles. The van der Waals surface area contributed by atoms with Crippen molar-refractivity contribution in [1.82, 2.24) is 4.90 Å². The van der Waals surface area contributed by atoms with Gasteiger partial charge in [0.05, 0.1) is 11.6 Å². The fourth-order valence-electron chi connectivity index (χ4n) is 1.78. The van der Waals surface area contributed by atoms with Crippen LogP contribution < -0.4 is 0 Å². The highest BCUT2D eigenvalue weighted by Crippen LogP contribution is 2.30. The van der Waals surface area contributed by atoms with Crippen LogP contribution in [-0.4, -0.2) is 36.1 Å². The standard InChI is InChI=1S/C9H17NO2/c1-7-9(3,12-4)5-6-10(7)8(2)11/h7H,5-6H2,1-4H3. The maximum atomic E-state index is 11.1. The summed E-state index contributed by atoms with van der Waals surface area (Å²) in [5.74, 6) is 0.142. The van der Waals surface area contributed by atoms with Crippen molar-refractivity contribution in [3.05, 3.63) is 0 Å². The summed E-state index contributed by atoms with van der Waals surface area (Å²) in [5.41, 5.74) is -0.147. The Balaban J connectivity index is 2.73. The third kappa shape index (κ3) is 1.33. The van der Waals surface area contributed by atoms with Crippen LogP contribution in [0.4, 0.5) is 0 Å². The Hall–Kier alpha value is -0.570. The van der Waals surface area contributed by atoms with Crippen LogP contribution >= 0.6 is 0 Å². The minimum atomic E-state index is -0.147. The van der Waals surface area contributed by atoms with Gasteiger partial charge in [-0.25, -0.2) is 0 Å². The Kier molecular flexibility index (Phi) is 2.42. The number of methoxy groups -OCH3 is 1. The molecule has 2 unspecified atom stereocenters. The zero-order valence-corrected chi connectivity index (χ0v) is 8.26. The first-order valence-corrected chi connectivity index (χ1v) is 4.33. The van der Waals surface area contributed by atoms with E-state index in [2.05, 4.69) is 6.92 Å². The van der Waals surface area contributed by atoms with Crippen LogP contribution in [0.1, 0.15) is 27.2 Å². The van der Waals surface area contributed by atoms with Gasteiger partial charge in [0.1, 0.15) is 0 Å². The quantitative estimate of drug-likeness (QED) is 0.589. The maximum absolute atomic E-state index is 11.1. The van der Waals surface area contributed by atoms with E-state index >= 15 is 0 Å². The van der Waals surface area contributed by atoms with E-state index in [0.717, 1.165) is 13.0 Å². The van der Waals surface area contributed by atoms with Gasteiger partial charge in [-0.15, -0.1) is 0 Å². The summed E-state index contributed by atoms with van der Waals surface area (Å²) in [5, 5.41) is 0. The smallest absolute Gasteiger partial charge is 0.219 e. The Morgan fingerprint density at radius 1 is 1.67 bits per heavy atom. The van der Waals surface area contributed by atoms with Crippen LogP contribution in [0.2, 0.25) is 0 Å². The highest BCUT2D eigenvalue weighted by molar-refractivity contribution is 5.74. The summed E-state index contributed by atoms with van der Waals surface area (Å²) in [6.45, 7) is 6.53. The van der Waals surface area contributed by atoms with E-state index in [1.54, 1.807) is 14.0 Å². The average molecular weight is 171 g/mol. The maximum Gasteiger partial charge on any atom is 0.219 e. The van der Waals surface area contributed by atoms with Gasteiger partial charge in [0.25, 0.3) is 0 Å². The van der Waals surface area contributed by atoms with Gasteiger partial charge >= 0.3 is 0 Å². The molecule has 0 bridgehead atoms. The molecule has 1 amide bonds. The lowest BCUT2D eigenvalue weighted by Crippen LogP contribution is -2.43. The lowest BCUT2D eigenvalue weighted by atomic mass is 9.98. The van der Waals surface area contributed by atoms with Crippen molar-refractivity contribution in [2.45, 2.75) is 38.8 Å². The Morgan fingerprint density at radius 3 is 2.50 bits per heavy atom. The van der Waals surface area contributed by atoms with Gasteiger partial charge in [0.2, 0.25) is 5.91 Å². The van der Waals surface area contributed by atoms with Crippen LogP contribution in [0.25, 0.3) is 0 Å². The number of rotatable bonds is 1. The molecule has 3 heteroatoms. The molecule has 0 aromatic heterocycles. The number of carbonyl (C=O) groups excluding carboxylic acids is 1. The van der Waals surface area contributed by atoms with Crippen LogP contribution in [0, 0.1) is 0 Å². The monoisotopic (exact) mass is 171 g/mol. The van der Waals surface area contributed by atoms with Crippen molar-refractivity contribution in [2.75, 3.05) is 13.7 Å². The van der Waals surface area contributed by atoms with Crippen LogP contribution in [-0.2, 0) is 9.53 Å². The molecule has 1 fully saturated rings. The second-order valence-electron chi connectivity index (χ2n) is 3.66. The third-order valence-electron chi connectivity index (χ3n) is 3.07. The lowest BCUT2D eigenvalue weighted by molar-refractivity contribution is -0.131. The molecule has 1 aliphatic rings. The van der Waals surface area contributed by atoms with Crippen molar-refractivity contribution in [2.24, 2.45) is 0 Å². The highest BCUT2D eigenvalue weighted by Gasteiger charge is 2.42. The van der Waals surface area contributed by atoms with E-state index in [1.165, 1.54) is 0 Å². The van der Waals surface area contributed by atoms with E-state index in [9.17, 15) is 4.79 Å². The summed E-state index contributed by atoms with van der Waals surface area (Å²) in [6, 6.07) is 0.194. The van der Waals surface area contributed by atoms with Crippen molar-refractivity contribution in [1.29, 1.82) is 0 Å².